The minimum Gasteiger partial charge on any atom is -0.497 e. The average molecular weight is 282 g/mol. The van der Waals surface area contributed by atoms with Crippen LogP contribution in [0.15, 0.2) is 52.9 Å². The molecule has 0 atom stereocenters. The molecule has 0 radical (unpaired) electrons. The van der Waals surface area contributed by atoms with E-state index in [0.29, 0.717) is 22.8 Å². The Morgan fingerprint density at radius 1 is 1.19 bits per heavy atom. The number of para-hydroxylation sites is 2. The van der Waals surface area contributed by atoms with E-state index in [1.807, 2.05) is 24.3 Å². The molecule has 0 saturated carbocycles. The summed E-state index contributed by atoms with van der Waals surface area (Å²) in [6, 6.07) is 14.4. The number of methoxy groups -OCH3 is 1. The average Bonchev–Trinajstić information content (AvgIpc) is 2.95. The van der Waals surface area contributed by atoms with Gasteiger partial charge in [-0.25, -0.2) is 4.98 Å². The monoisotopic (exact) mass is 282 g/mol. The summed E-state index contributed by atoms with van der Waals surface area (Å²) >= 11 is 0. The normalized spacial score (nSPS) is 10.5. The Morgan fingerprint density at radius 2 is 1.95 bits per heavy atom. The SMILES string of the molecule is COc1ccc(C(=O)NCc2nc3ccccc3o2)cc1. The number of rotatable bonds is 4. The highest BCUT2D eigenvalue weighted by atomic mass is 16.5. The molecule has 5 nitrogen and oxygen atoms in total. The molecule has 0 aliphatic heterocycles. The van der Waals surface area contributed by atoms with Crippen molar-refractivity contribution in [3.8, 4) is 5.75 Å². The predicted octanol–water partition coefficient (Wildman–Crippen LogP) is 2.77. The van der Waals surface area contributed by atoms with Gasteiger partial charge in [-0.15, -0.1) is 0 Å². The van der Waals surface area contributed by atoms with Crippen LogP contribution in [0, 0.1) is 0 Å². The van der Waals surface area contributed by atoms with Crippen LogP contribution in [0.3, 0.4) is 0 Å². The van der Waals surface area contributed by atoms with E-state index < -0.39 is 0 Å². The fraction of sp³-hybridized carbons (Fsp3) is 0.125. The van der Waals surface area contributed by atoms with Gasteiger partial charge in [-0.3, -0.25) is 4.79 Å². The second kappa shape index (κ2) is 5.66. The maximum atomic E-state index is 12.0. The lowest BCUT2D eigenvalue weighted by atomic mass is 10.2. The second-order valence-corrected chi connectivity index (χ2v) is 4.49. The van der Waals surface area contributed by atoms with Crippen molar-refractivity contribution in [3.63, 3.8) is 0 Å². The highest BCUT2D eigenvalue weighted by molar-refractivity contribution is 5.94. The Hall–Kier alpha value is -2.82. The van der Waals surface area contributed by atoms with Gasteiger partial charge in [0.1, 0.15) is 11.3 Å². The molecular formula is C16H14N2O3. The molecule has 3 rings (SSSR count). The molecular weight excluding hydrogens is 268 g/mol. The number of nitrogens with zero attached hydrogens (tertiary/aromatic N) is 1. The molecule has 0 spiro atoms. The van der Waals surface area contributed by atoms with Gasteiger partial charge in [-0.1, -0.05) is 12.1 Å². The third-order valence-electron chi connectivity index (χ3n) is 3.09. The van der Waals surface area contributed by atoms with E-state index in [4.69, 9.17) is 9.15 Å². The minimum atomic E-state index is -0.181. The number of aromatic nitrogens is 1. The fourth-order valence-corrected chi connectivity index (χ4v) is 2.00. The number of amides is 1. The van der Waals surface area contributed by atoms with Gasteiger partial charge in [-0.2, -0.15) is 0 Å². The van der Waals surface area contributed by atoms with Crippen molar-refractivity contribution in [1.29, 1.82) is 0 Å². The van der Waals surface area contributed by atoms with Gasteiger partial charge in [0.25, 0.3) is 5.91 Å². The van der Waals surface area contributed by atoms with E-state index in [1.165, 1.54) is 0 Å². The summed E-state index contributed by atoms with van der Waals surface area (Å²) in [6.45, 7) is 0.250. The van der Waals surface area contributed by atoms with Gasteiger partial charge >= 0.3 is 0 Å². The van der Waals surface area contributed by atoms with E-state index in [1.54, 1.807) is 31.4 Å². The third kappa shape index (κ3) is 2.86. The van der Waals surface area contributed by atoms with Crippen LogP contribution in [0.5, 0.6) is 5.75 Å². The molecule has 1 N–H and O–H groups in total. The molecule has 21 heavy (non-hydrogen) atoms. The fourth-order valence-electron chi connectivity index (χ4n) is 2.00. The summed E-state index contributed by atoms with van der Waals surface area (Å²) < 4.78 is 10.6. The lowest BCUT2D eigenvalue weighted by Gasteiger charge is -2.04. The summed E-state index contributed by atoms with van der Waals surface area (Å²) in [4.78, 5) is 16.3. The maximum Gasteiger partial charge on any atom is 0.251 e. The van der Waals surface area contributed by atoms with E-state index in [9.17, 15) is 4.79 Å². The summed E-state index contributed by atoms with van der Waals surface area (Å²) in [7, 11) is 1.59. The van der Waals surface area contributed by atoms with Crippen LogP contribution in [0.2, 0.25) is 0 Å². The molecule has 1 aromatic heterocycles. The van der Waals surface area contributed by atoms with Gasteiger partial charge in [0.2, 0.25) is 5.89 Å². The van der Waals surface area contributed by atoms with E-state index in [2.05, 4.69) is 10.3 Å². The standard InChI is InChI=1S/C16H14N2O3/c1-20-12-8-6-11(7-9-12)16(19)17-10-15-18-13-4-2-3-5-14(13)21-15/h2-9H,10H2,1H3,(H,17,19). The number of benzene rings is 2. The number of ether oxygens (including phenoxy) is 1. The molecule has 2 aromatic carbocycles. The Balaban J connectivity index is 1.67. The number of carbonyl (C=O) groups excluding carboxylic acids is 1. The van der Waals surface area contributed by atoms with Crippen LogP contribution in [0.25, 0.3) is 11.1 Å². The molecule has 106 valence electrons. The Bertz CT molecular complexity index is 730. The minimum absolute atomic E-state index is 0.181. The Kier molecular flexibility index (Phi) is 3.55. The number of hydrogen-bond donors (Lipinski definition) is 1. The van der Waals surface area contributed by atoms with Crippen molar-refractivity contribution in [2.45, 2.75) is 6.54 Å². The van der Waals surface area contributed by atoms with Gasteiger partial charge in [0, 0.05) is 5.56 Å². The summed E-state index contributed by atoms with van der Waals surface area (Å²) in [5.41, 5.74) is 2.06. The van der Waals surface area contributed by atoms with Gasteiger partial charge in [0.15, 0.2) is 5.58 Å². The second-order valence-electron chi connectivity index (χ2n) is 4.49. The van der Waals surface area contributed by atoms with Crippen LogP contribution < -0.4 is 10.1 Å². The zero-order chi connectivity index (χ0) is 14.7. The molecule has 0 aliphatic carbocycles. The van der Waals surface area contributed by atoms with Crippen LogP contribution in [-0.2, 0) is 6.54 Å². The number of oxazole rings is 1. The maximum absolute atomic E-state index is 12.0. The zero-order valence-electron chi connectivity index (χ0n) is 11.5. The van der Waals surface area contributed by atoms with Crippen molar-refractivity contribution in [3.05, 3.63) is 60.0 Å². The predicted molar refractivity (Wildman–Crippen MR) is 78.2 cm³/mol. The lowest BCUT2D eigenvalue weighted by molar-refractivity contribution is 0.0947. The topological polar surface area (TPSA) is 64.4 Å². The Morgan fingerprint density at radius 3 is 2.67 bits per heavy atom. The lowest BCUT2D eigenvalue weighted by Crippen LogP contribution is -2.22. The van der Waals surface area contributed by atoms with Crippen LogP contribution in [0.1, 0.15) is 16.2 Å². The highest BCUT2D eigenvalue weighted by Crippen LogP contribution is 2.15. The molecule has 0 fully saturated rings. The van der Waals surface area contributed by atoms with Crippen LogP contribution in [-0.4, -0.2) is 18.0 Å². The Labute approximate surface area is 121 Å². The summed E-state index contributed by atoms with van der Waals surface area (Å²) in [5.74, 6) is 1.02. The molecule has 0 bridgehead atoms. The first kappa shape index (κ1) is 13.2. The molecule has 1 amide bonds. The quantitative estimate of drug-likeness (QED) is 0.799. The molecule has 0 aliphatic rings. The molecule has 0 unspecified atom stereocenters. The van der Waals surface area contributed by atoms with Gasteiger partial charge in [0.05, 0.1) is 13.7 Å². The third-order valence-corrected chi connectivity index (χ3v) is 3.09. The van der Waals surface area contributed by atoms with E-state index in [0.717, 1.165) is 5.52 Å². The van der Waals surface area contributed by atoms with E-state index >= 15 is 0 Å². The number of nitrogens with one attached hydrogen (secondary N) is 1. The van der Waals surface area contributed by atoms with E-state index in [-0.39, 0.29) is 12.5 Å². The van der Waals surface area contributed by atoms with Crippen LogP contribution in [0.4, 0.5) is 0 Å². The number of carbonyl (C=O) groups is 1. The van der Waals surface area contributed by atoms with Crippen molar-refractivity contribution >= 4 is 17.0 Å². The first-order valence-corrected chi connectivity index (χ1v) is 6.53. The largest absolute Gasteiger partial charge is 0.497 e. The van der Waals surface area contributed by atoms with Crippen molar-refractivity contribution in [2.75, 3.05) is 7.11 Å². The van der Waals surface area contributed by atoms with Crippen molar-refractivity contribution in [1.82, 2.24) is 10.3 Å². The van der Waals surface area contributed by atoms with Crippen molar-refractivity contribution in [2.24, 2.45) is 0 Å². The summed E-state index contributed by atoms with van der Waals surface area (Å²) in [5, 5.41) is 2.78. The van der Waals surface area contributed by atoms with Gasteiger partial charge < -0.3 is 14.5 Å². The van der Waals surface area contributed by atoms with Gasteiger partial charge in [-0.05, 0) is 36.4 Å². The first-order chi connectivity index (χ1) is 10.3. The number of hydrogen-bond acceptors (Lipinski definition) is 4. The molecule has 3 aromatic rings. The highest BCUT2D eigenvalue weighted by Gasteiger charge is 2.09. The number of fused-ring (bicyclic) bond motifs is 1. The first-order valence-electron chi connectivity index (χ1n) is 6.53. The molecule has 0 saturated heterocycles. The molecule has 5 heteroatoms. The zero-order valence-corrected chi connectivity index (χ0v) is 11.5. The smallest absolute Gasteiger partial charge is 0.251 e. The van der Waals surface area contributed by atoms with Crippen LogP contribution >= 0.6 is 0 Å². The molecule has 1 heterocycles. The van der Waals surface area contributed by atoms with Crippen molar-refractivity contribution < 1.29 is 13.9 Å². The summed E-state index contributed by atoms with van der Waals surface area (Å²) in [6.07, 6.45) is 0.